The van der Waals surface area contributed by atoms with Crippen molar-refractivity contribution in [3.63, 3.8) is 0 Å². The third kappa shape index (κ3) is 1.84. The van der Waals surface area contributed by atoms with Crippen LogP contribution in [0.1, 0.15) is 27.2 Å². The number of aromatic nitrogens is 1. The fourth-order valence-electron chi connectivity index (χ4n) is 2.83. The van der Waals surface area contributed by atoms with E-state index in [9.17, 15) is 14.0 Å². The van der Waals surface area contributed by atoms with Crippen LogP contribution in [0.25, 0.3) is 11.6 Å². The highest BCUT2D eigenvalue weighted by Crippen LogP contribution is 2.34. The number of benzene rings is 1. The average molecular weight is 298 g/mol. The van der Waals surface area contributed by atoms with Crippen LogP contribution >= 0.6 is 0 Å². The van der Waals surface area contributed by atoms with Crippen molar-refractivity contribution in [2.24, 2.45) is 0 Å². The standard InChI is InChI=1S/C16H11FN2O3/c17-8-1-2-9-11(15(20)19-14(9)5-8)6-13-10-3-4-22-16(21)12(10)7-18-13/h1-2,5-7,18H,3-4H2,(H,19,20)/b11-6-. The number of nitrogens with one attached hydrogen (secondary N) is 2. The first-order valence-electron chi connectivity index (χ1n) is 6.84. The number of carbonyl (C=O) groups is 2. The van der Waals surface area contributed by atoms with Crippen LogP contribution in [-0.2, 0) is 16.0 Å². The summed E-state index contributed by atoms with van der Waals surface area (Å²) in [7, 11) is 0. The lowest BCUT2D eigenvalue weighted by atomic mass is 10.0. The molecule has 1 aromatic heterocycles. The number of esters is 1. The first-order chi connectivity index (χ1) is 10.6. The van der Waals surface area contributed by atoms with Gasteiger partial charge in [0.25, 0.3) is 5.91 Å². The first kappa shape index (κ1) is 12.8. The molecule has 5 nitrogen and oxygen atoms in total. The van der Waals surface area contributed by atoms with Crippen molar-refractivity contribution in [1.29, 1.82) is 0 Å². The van der Waals surface area contributed by atoms with Crippen molar-refractivity contribution < 1.29 is 18.7 Å². The Balaban J connectivity index is 1.82. The van der Waals surface area contributed by atoms with Crippen LogP contribution < -0.4 is 5.32 Å². The number of halogens is 1. The van der Waals surface area contributed by atoms with Crippen LogP contribution in [0, 0.1) is 5.82 Å². The molecule has 0 aliphatic carbocycles. The molecule has 0 saturated heterocycles. The van der Waals surface area contributed by atoms with Gasteiger partial charge in [-0.25, -0.2) is 9.18 Å². The van der Waals surface area contributed by atoms with Crippen molar-refractivity contribution in [3.8, 4) is 0 Å². The smallest absolute Gasteiger partial charge is 0.339 e. The molecule has 0 fully saturated rings. The highest BCUT2D eigenvalue weighted by atomic mass is 19.1. The van der Waals surface area contributed by atoms with Crippen LogP contribution in [0.4, 0.5) is 10.1 Å². The summed E-state index contributed by atoms with van der Waals surface area (Å²) < 4.78 is 18.2. The molecule has 0 spiro atoms. The predicted octanol–water partition coefficient (Wildman–Crippen LogP) is 2.36. The third-order valence-electron chi connectivity index (χ3n) is 3.88. The molecule has 0 unspecified atom stereocenters. The van der Waals surface area contributed by atoms with Gasteiger partial charge >= 0.3 is 5.97 Å². The Labute approximate surface area is 124 Å². The van der Waals surface area contributed by atoms with Crippen LogP contribution in [-0.4, -0.2) is 23.5 Å². The fourth-order valence-corrected chi connectivity index (χ4v) is 2.83. The van der Waals surface area contributed by atoms with E-state index in [-0.39, 0.29) is 11.9 Å². The quantitative estimate of drug-likeness (QED) is 0.627. The summed E-state index contributed by atoms with van der Waals surface area (Å²) in [5, 5.41) is 2.64. The van der Waals surface area contributed by atoms with E-state index in [2.05, 4.69) is 10.3 Å². The molecule has 0 saturated carbocycles. The molecule has 2 N–H and O–H groups in total. The molecule has 4 rings (SSSR count). The molecular weight excluding hydrogens is 287 g/mol. The molecule has 0 radical (unpaired) electrons. The number of H-pyrrole nitrogens is 1. The Kier molecular flexibility index (Phi) is 2.66. The molecule has 2 aliphatic rings. The molecule has 6 heteroatoms. The van der Waals surface area contributed by atoms with Gasteiger partial charge in [0.1, 0.15) is 5.82 Å². The molecule has 2 aliphatic heterocycles. The fraction of sp³-hybridized carbons (Fsp3) is 0.125. The van der Waals surface area contributed by atoms with E-state index < -0.39 is 5.82 Å². The van der Waals surface area contributed by atoms with Gasteiger partial charge in [-0.15, -0.1) is 0 Å². The summed E-state index contributed by atoms with van der Waals surface area (Å²) in [6.45, 7) is 0.327. The SMILES string of the molecule is O=C1Nc2cc(F)ccc2/C1=C/c1[nH]cc2c1CCOC2=O. The Hall–Kier alpha value is -2.89. The maximum absolute atomic E-state index is 13.2. The van der Waals surface area contributed by atoms with E-state index in [0.717, 1.165) is 5.56 Å². The molecule has 110 valence electrons. The second-order valence-corrected chi connectivity index (χ2v) is 5.18. The summed E-state index contributed by atoms with van der Waals surface area (Å²) in [6.07, 6.45) is 3.87. The second-order valence-electron chi connectivity index (χ2n) is 5.18. The van der Waals surface area contributed by atoms with E-state index in [4.69, 9.17) is 4.74 Å². The number of amides is 1. The minimum absolute atomic E-state index is 0.290. The number of ether oxygens (including phenoxy) is 1. The summed E-state index contributed by atoms with van der Waals surface area (Å²) in [4.78, 5) is 26.8. The lowest BCUT2D eigenvalue weighted by Gasteiger charge is -2.12. The van der Waals surface area contributed by atoms with Crippen LogP contribution in [0.3, 0.4) is 0 Å². The number of carbonyl (C=O) groups excluding carboxylic acids is 2. The Morgan fingerprint density at radius 1 is 1.23 bits per heavy atom. The maximum Gasteiger partial charge on any atom is 0.339 e. The molecule has 2 aromatic rings. The third-order valence-corrected chi connectivity index (χ3v) is 3.88. The largest absolute Gasteiger partial charge is 0.462 e. The van der Waals surface area contributed by atoms with E-state index in [1.54, 1.807) is 18.3 Å². The second kappa shape index (κ2) is 4.56. The number of aromatic amines is 1. The normalized spacial score (nSPS) is 18.0. The molecule has 22 heavy (non-hydrogen) atoms. The van der Waals surface area contributed by atoms with Crippen molar-refractivity contribution in [2.45, 2.75) is 6.42 Å². The van der Waals surface area contributed by atoms with E-state index in [0.29, 0.717) is 41.1 Å². The topological polar surface area (TPSA) is 71.2 Å². The van der Waals surface area contributed by atoms with Gasteiger partial charge in [-0.3, -0.25) is 4.79 Å². The number of cyclic esters (lactones) is 1. The van der Waals surface area contributed by atoms with Gasteiger partial charge in [0.15, 0.2) is 0 Å². The number of rotatable bonds is 1. The lowest BCUT2D eigenvalue weighted by molar-refractivity contribution is -0.110. The van der Waals surface area contributed by atoms with E-state index in [1.165, 1.54) is 12.1 Å². The number of anilines is 1. The van der Waals surface area contributed by atoms with Crippen LogP contribution in [0.2, 0.25) is 0 Å². The molecule has 1 amide bonds. The van der Waals surface area contributed by atoms with E-state index in [1.807, 2.05) is 0 Å². The molecular formula is C16H11FN2O3. The van der Waals surface area contributed by atoms with Gasteiger partial charge in [-0.2, -0.15) is 0 Å². The highest BCUT2D eigenvalue weighted by molar-refractivity contribution is 6.34. The molecule has 1 aromatic carbocycles. The van der Waals surface area contributed by atoms with Gasteiger partial charge in [0, 0.05) is 23.9 Å². The summed E-state index contributed by atoms with van der Waals surface area (Å²) in [6, 6.07) is 4.17. The molecule has 3 heterocycles. The van der Waals surface area contributed by atoms with Crippen LogP contribution in [0.15, 0.2) is 24.4 Å². The predicted molar refractivity (Wildman–Crippen MR) is 77.7 cm³/mol. The molecule has 0 atom stereocenters. The maximum atomic E-state index is 13.2. The monoisotopic (exact) mass is 298 g/mol. The number of hydrogen-bond donors (Lipinski definition) is 2. The van der Waals surface area contributed by atoms with Gasteiger partial charge in [0.05, 0.1) is 23.4 Å². The summed E-state index contributed by atoms with van der Waals surface area (Å²) in [5.74, 6) is -1.05. The van der Waals surface area contributed by atoms with Crippen molar-refractivity contribution in [3.05, 3.63) is 52.6 Å². The summed E-state index contributed by atoms with van der Waals surface area (Å²) in [5.41, 5.74) is 3.58. The Bertz CT molecular complexity index is 851. The number of fused-ring (bicyclic) bond motifs is 2. The van der Waals surface area contributed by atoms with Gasteiger partial charge in [-0.1, -0.05) is 0 Å². The highest BCUT2D eigenvalue weighted by Gasteiger charge is 2.27. The zero-order valence-corrected chi connectivity index (χ0v) is 11.4. The van der Waals surface area contributed by atoms with E-state index >= 15 is 0 Å². The van der Waals surface area contributed by atoms with Gasteiger partial charge in [-0.05, 0) is 29.8 Å². The van der Waals surface area contributed by atoms with Crippen molar-refractivity contribution in [1.82, 2.24) is 4.98 Å². The minimum atomic E-state index is -0.403. The van der Waals surface area contributed by atoms with Crippen molar-refractivity contribution in [2.75, 3.05) is 11.9 Å². The zero-order valence-electron chi connectivity index (χ0n) is 11.4. The zero-order chi connectivity index (χ0) is 15.3. The number of hydrogen-bond acceptors (Lipinski definition) is 3. The Morgan fingerprint density at radius 2 is 2.09 bits per heavy atom. The average Bonchev–Trinajstić information content (AvgIpc) is 3.02. The minimum Gasteiger partial charge on any atom is -0.462 e. The van der Waals surface area contributed by atoms with Gasteiger partial charge < -0.3 is 15.0 Å². The molecule has 0 bridgehead atoms. The van der Waals surface area contributed by atoms with Crippen molar-refractivity contribution >= 4 is 29.2 Å². The summed E-state index contributed by atoms with van der Waals surface area (Å²) >= 11 is 0. The first-order valence-corrected chi connectivity index (χ1v) is 6.84. The Morgan fingerprint density at radius 3 is 2.95 bits per heavy atom. The van der Waals surface area contributed by atoms with Gasteiger partial charge in [0.2, 0.25) is 0 Å². The lowest BCUT2D eigenvalue weighted by Crippen LogP contribution is -2.16. The van der Waals surface area contributed by atoms with Crippen LogP contribution in [0.5, 0.6) is 0 Å².